The van der Waals surface area contributed by atoms with E-state index in [0.717, 1.165) is 56.0 Å². The van der Waals surface area contributed by atoms with E-state index in [0.29, 0.717) is 8.95 Å². The first-order valence-electron chi connectivity index (χ1n) is 10.3. The van der Waals surface area contributed by atoms with Gasteiger partial charge in [-0.05, 0) is 116 Å². The van der Waals surface area contributed by atoms with Gasteiger partial charge in [0.25, 0.3) is 0 Å². The molecule has 0 saturated heterocycles. The van der Waals surface area contributed by atoms with Crippen molar-refractivity contribution in [2.75, 3.05) is 0 Å². The summed E-state index contributed by atoms with van der Waals surface area (Å²) in [6.45, 7) is 0. The average Bonchev–Trinajstić information content (AvgIpc) is 3.56. The molecule has 0 amide bonds. The van der Waals surface area contributed by atoms with Crippen molar-refractivity contribution in [3.63, 3.8) is 0 Å². The predicted octanol–water partition coefficient (Wildman–Crippen LogP) is 7.30. The van der Waals surface area contributed by atoms with E-state index in [1.165, 1.54) is 0 Å². The standard InChI is InChI=1S/C26H16Br2N4O/c27-23-7-14(8-24(28)26(23)33)22-12-21-11-19-4-3-17(30-19)9-15-1-2-16(29-15)10-18-5-6-20(31-18)13-25(22)32-21/h1-13,30-31,33H. The van der Waals surface area contributed by atoms with Crippen LogP contribution in [0.5, 0.6) is 5.75 Å². The third-order valence-corrected chi connectivity index (χ3v) is 6.70. The van der Waals surface area contributed by atoms with Gasteiger partial charge in [-0.1, -0.05) is 0 Å². The summed E-state index contributed by atoms with van der Waals surface area (Å²) >= 11 is 6.89. The van der Waals surface area contributed by atoms with Gasteiger partial charge in [-0.15, -0.1) is 0 Å². The van der Waals surface area contributed by atoms with Crippen molar-refractivity contribution >= 4 is 77.7 Å². The summed E-state index contributed by atoms with van der Waals surface area (Å²) in [5, 5.41) is 10.2. The lowest BCUT2D eigenvalue weighted by atomic mass is 10.0. The highest BCUT2D eigenvalue weighted by atomic mass is 79.9. The maximum absolute atomic E-state index is 10.2. The molecule has 0 aliphatic carbocycles. The van der Waals surface area contributed by atoms with Gasteiger partial charge in [0.1, 0.15) is 5.75 Å². The Balaban J connectivity index is 1.63. The zero-order valence-electron chi connectivity index (χ0n) is 17.1. The molecule has 5 nitrogen and oxygen atoms in total. The monoisotopic (exact) mass is 558 g/mol. The van der Waals surface area contributed by atoms with Gasteiger partial charge < -0.3 is 15.1 Å². The summed E-state index contributed by atoms with van der Waals surface area (Å²) in [7, 11) is 0. The molecule has 8 bridgehead atoms. The normalized spacial score (nSPS) is 12.7. The molecule has 0 radical (unpaired) electrons. The van der Waals surface area contributed by atoms with Crippen LogP contribution in [0.3, 0.4) is 0 Å². The number of aromatic nitrogens is 4. The van der Waals surface area contributed by atoms with Crippen LogP contribution in [0.2, 0.25) is 0 Å². The molecule has 0 fully saturated rings. The maximum atomic E-state index is 10.2. The number of benzene rings is 1. The van der Waals surface area contributed by atoms with Crippen LogP contribution in [0.15, 0.2) is 69.6 Å². The van der Waals surface area contributed by atoms with Crippen molar-refractivity contribution in [2.45, 2.75) is 0 Å². The summed E-state index contributed by atoms with van der Waals surface area (Å²) in [5.41, 5.74) is 9.21. The lowest BCUT2D eigenvalue weighted by Crippen LogP contribution is -1.87. The lowest BCUT2D eigenvalue weighted by molar-refractivity contribution is 0.468. The Hall–Kier alpha value is -3.42. The SMILES string of the molecule is Oc1c(Br)cc(C2=Cc3cc4ccc(cc5nc(cc6ccc(cc2n3)[nH]6)C=C5)[nH]4)cc1Br. The van der Waals surface area contributed by atoms with Gasteiger partial charge in [0.15, 0.2) is 0 Å². The van der Waals surface area contributed by atoms with Crippen molar-refractivity contribution in [1.82, 2.24) is 19.9 Å². The molecule has 6 rings (SSSR count). The zero-order valence-corrected chi connectivity index (χ0v) is 20.3. The van der Waals surface area contributed by atoms with E-state index in [9.17, 15) is 5.11 Å². The van der Waals surface area contributed by atoms with E-state index >= 15 is 0 Å². The minimum atomic E-state index is 0.171. The topological polar surface area (TPSA) is 77.6 Å². The molecular weight excluding hydrogens is 544 g/mol. The fourth-order valence-corrected chi connectivity index (χ4v) is 5.15. The number of H-pyrrole nitrogens is 2. The molecule has 7 heteroatoms. The fourth-order valence-electron chi connectivity index (χ4n) is 3.97. The van der Waals surface area contributed by atoms with Crippen LogP contribution in [-0.4, -0.2) is 25.0 Å². The highest BCUT2D eigenvalue weighted by Gasteiger charge is 2.16. The van der Waals surface area contributed by atoms with Gasteiger partial charge in [0.05, 0.1) is 31.7 Å². The third kappa shape index (κ3) is 3.94. The number of nitrogens with one attached hydrogen (secondary N) is 2. The van der Waals surface area contributed by atoms with Gasteiger partial charge in [-0.3, -0.25) is 0 Å². The van der Waals surface area contributed by atoms with Crippen LogP contribution in [0.1, 0.15) is 28.3 Å². The summed E-state index contributed by atoms with van der Waals surface area (Å²) in [6, 6.07) is 20.0. The number of phenolic OH excluding ortho intramolecular Hbond substituents is 1. The Kier molecular flexibility index (Phi) is 4.81. The maximum Gasteiger partial charge on any atom is 0.143 e. The minimum absolute atomic E-state index is 0.171. The number of halogens is 2. The first-order valence-corrected chi connectivity index (χ1v) is 11.9. The van der Waals surface area contributed by atoms with Crippen LogP contribution in [0.25, 0.3) is 45.9 Å². The Morgan fingerprint density at radius 1 is 0.636 bits per heavy atom. The molecule has 5 heterocycles. The van der Waals surface area contributed by atoms with Crippen LogP contribution in [-0.2, 0) is 0 Å². The molecule has 0 atom stereocenters. The predicted molar refractivity (Wildman–Crippen MR) is 140 cm³/mol. The second-order valence-electron chi connectivity index (χ2n) is 7.88. The molecule has 3 N–H and O–H groups in total. The molecule has 2 aliphatic rings. The Morgan fingerprint density at radius 3 is 1.73 bits per heavy atom. The van der Waals surface area contributed by atoms with Crippen molar-refractivity contribution < 1.29 is 5.11 Å². The second-order valence-corrected chi connectivity index (χ2v) is 9.59. The first-order chi connectivity index (χ1) is 16.0. The van der Waals surface area contributed by atoms with Crippen molar-refractivity contribution in [2.24, 2.45) is 0 Å². The molecule has 4 aromatic rings. The molecule has 0 unspecified atom stereocenters. The van der Waals surface area contributed by atoms with Crippen molar-refractivity contribution in [3.8, 4) is 5.75 Å². The highest BCUT2D eigenvalue weighted by Crippen LogP contribution is 2.38. The molecule has 160 valence electrons. The van der Waals surface area contributed by atoms with Gasteiger partial charge in [-0.2, -0.15) is 0 Å². The molecular formula is C26H16Br2N4O. The summed E-state index contributed by atoms with van der Waals surface area (Å²) in [6.07, 6.45) is 6.07. The largest absolute Gasteiger partial charge is 0.506 e. The number of nitrogens with zero attached hydrogens (tertiary/aromatic N) is 2. The third-order valence-electron chi connectivity index (χ3n) is 5.49. The number of aromatic hydroxyl groups is 1. The number of aromatic amines is 2. The molecule has 33 heavy (non-hydrogen) atoms. The van der Waals surface area contributed by atoms with Gasteiger partial charge >= 0.3 is 0 Å². The minimum Gasteiger partial charge on any atom is -0.506 e. The first kappa shape index (κ1) is 20.2. The number of phenols is 1. The smallest absolute Gasteiger partial charge is 0.143 e. The lowest BCUT2D eigenvalue weighted by Gasteiger charge is -2.07. The quantitative estimate of drug-likeness (QED) is 0.198. The summed E-state index contributed by atoms with van der Waals surface area (Å²) in [4.78, 5) is 16.4. The molecule has 1 aromatic carbocycles. The van der Waals surface area contributed by atoms with Gasteiger partial charge in [-0.25, -0.2) is 9.97 Å². The van der Waals surface area contributed by atoms with Crippen LogP contribution >= 0.6 is 31.9 Å². The van der Waals surface area contributed by atoms with E-state index in [1.54, 1.807) is 0 Å². The molecule has 0 saturated carbocycles. The summed E-state index contributed by atoms with van der Waals surface area (Å²) < 4.78 is 1.23. The number of fused-ring (bicyclic) bond motifs is 8. The van der Waals surface area contributed by atoms with Crippen molar-refractivity contribution in [3.05, 3.63) is 97.9 Å². The van der Waals surface area contributed by atoms with Gasteiger partial charge in [0, 0.05) is 27.6 Å². The average molecular weight is 560 g/mol. The second kappa shape index (κ2) is 7.86. The molecule has 2 aliphatic heterocycles. The van der Waals surface area contributed by atoms with Crippen LogP contribution < -0.4 is 0 Å². The highest BCUT2D eigenvalue weighted by molar-refractivity contribution is 9.11. The Labute approximate surface area is 205 Å². The number of hydrogen-bond acceptors (Lipinski definition) is 3. The van der Waals surface area contributed by atoms with Crippen molar-refractivity contribution in [1.29, 1.82) is 0 Å². The van der Waals surface area contributed by atoms with Gasteiger partial charge in [0.2, 0.25) is 0 Å². The van der Waals surface area contributed by atoms with Crippen LogP contribution in [0, 0.1) is 0 Å². The molecule has 3 aromatic heterocycles. The zero-order chi connectivity index (χ0) is 22.5. The van der Waals surface area contributed by atoms with E-state index < -0.39 is 0 Å². The Bertz CT molecular complexity index is 1640. The van der Waals surface area contributed by atoms with E-state index in [1.807, 2.05) is 72.8 Å². The van der Waals surface area contributed by atoms with E-state index in [4.69, 9.17) is 4.98 Å². The fraction of sp³-hybridized carbons (Fsp3) is 0. The number of hydrogen-bond donors (Lipinski definition) is 3. The number of rotatable bonds is 1. The molecule has 0 spiro atoms. The van der Waals surface area contributed by atoms with Crippen LogP contribution in [0.4, 0.5) is 0 Å². The van der Waals surface area contributed by atoms with E-state index in [-0.39, 0.29) is 5.75 Å². The van der Waals surface area contributed by atoms with E-state index in [2.05, 4.69) is 52.9 Å². The summed E-state index contributed by atoms with van der Waals surface area (Å²) in [5.74, 6) is 0.171. The Morgan fingerprint density at radius 2 is 1.15 bits per heavy atom.